The zero-order valence-corrected chi connectivity index (χ0v) is 27.6. The number of allylic oxidation sites excluding steroid dienone is 1. The van der Waals surface area contributed by atoms with E-state index in [-0.39, 0.29) is 0 Å². The average Bonchev–Trinajstić information content (AvgIpc) is 3.56. The summed E-state index contributed by atoms with van der Waals surface area (Å²) >= 11 is 0. The second kappa shape index (κ2) is 11.4. The van der Waals surface area contributed by atoms with Gasteiger partial charge in [-0.1, -0.05) is 122 Å². The smallest absolute Gasteiger partial charge is 0.164 e. The highest BCUT2D eigenvalue weighted by atomic mass is 15.1. The van der Waals surface area contributed by atoms with Crippen LogP contribution in [-0.4, -0.2) is 19.5 Å². The molecule has 3 heterocycles. The normalized spacial score (nSPS) is 14.1. The first-order valence-electron chi connectivity index (χ1n) is 17.2. The predicted molar refractivity (Wildman–Crippen MR) is 207 cm³/mol. The van der Waals surface area contributed by atoms with Gasteiger partial charge in [0, 0.05) is 39.0 Å². The summed E-state index contributed by atoms with van der Waals surface area (Å²) in [5, 5.41) is 7.06. The molecule has 1 unspecified atom stereocenters. The summed E-state index contributed by atoms with van der Waals surface area (Å²) in [6.07, 6.45) is 7.18. The van der Waals surface area contributed by atoms with Crippen LogP contribution in [0.25, 0.3) is 88.9 Å². The molecule has 0 spiro atoms. The van der Waals surface area contributed by atoms with Crippen molar-refractivity contribution in [2.45, 2.75) is 13.3 Å². The van der Waals surface area contributed by atoms with Gasteiger partial charge in [0.25, 0.3) is 0 Å². The van der Waals surface area contributed by atoms with Crippen molar-refractivity contribution in [3.8, 4) is 39.5 Å². The van der Waals surface area contributed by atoms with Gasteiger partial charge in [-0.25, -0.2) is 9.97 Å². The number of pyridine rings is 2. The van der Waals surface area contributed by atoms with Crippen LogP contribution in [0.3, 0.4) is 0 Å². The number of imidazole rings is 1. The summed E-state index contributed by atoms with van der Waals surface area (Å²) in [5.74, 6) is 1.33. The topological polar surface area (TPSA) is 43.6 Å². The number of aromatic nitrogens is 4. The molecular weight excluding hydrogens is 609 g/mol. The van der Waals surface area contributed by atoms with Crippen LogP contribution in [0.1, 0.15) is 18.3 Å². The lowest BCUT2D eigenvalue weighted by atomic mass is 9.91. The third kappa shape index (κ3) is 4.56. The molecule has 1 atom stereocenters. The SMILES string of the molecule is CC1C=Cc2nc(-c3ccccn3)n(-c3ccc(-c4cccc(-c5c6ccc7ccccc7c6nc6c5ccc5ccccc56)c4)cc3)c2C1. The van der Waals surface area contributed by atoms with Crippen molar-refractivity contribution < 1.29 is 0 Å². The van der Waals surface area contributed by atoms with E-state index < -0.39 is 0 Å². The van der Waals surface area contributed by atoms with Gasteiger partial charge in [0.2, 0.25) is 0 Å². The fourth-order valence-electron chi connectivity index (χ4n) is 7.75. The minimum atomic E-state index is 0.452. The highest BCUT2D eigenvalue weighted by Gasteiger charge is 2.23. The summed E-state index contributed by atoms with van der Waals surface area (Å²) < 4.78 is 2.29. The lowest BCUT2D eigenvalue weighted by molar-refractivity contribution is 0.688. The van der Waals surface area contributed by atoms with E-state index in [4.69, 9.17) is 9.97 Å². The van der Waals surface area contributed by atoms with Crippen LogP contribution in [-0.2, 0) is 6.42 Å². The fourth-order valence-corrected chi connectivity index (χ4v) is 7.75. The highest BCUT2D eigenvalue weighted by molar-refractivity contribution is 6.21. The van der Waals surface area contributed by atoms with Crippen molar-refractivity contribution in [2.24, 2.45) is 5.92 Å². The zero-order chi connectivity index (χ0) is 33.2. The maximum atomic E-state index is 5.38. The van der Waals surface area contributed by atoms with Crippen molar-refractivity contribution in [2.75, 3.05) is 0 Å². The lowest BCUT2D eigenvalue weighted by Gasteiger charge is -2.17. The first-order chi connectivity index (χ1) is 24.7. The molecule has 0 saturated carbocycles. The van der Waals surface area contributed by atoms with E-state index in [1.165, 1.54) is 43.9 Å². The molecule has 9 aromatic rings. The number of hydrogen-bond donors (Lipinski definition) is 0. The monoisotopic (exact) mass is 640 g/mol. The minimum absolute atomic E-state index is 0.452. The maximum Gasteiger partial charge on any atom is 0.164 e. The number of rotatable bonds is 4. The summed E-state index contributed by atoms with van der Waals surface area (Å²) in [5.41, 5.74) is 11.0. The van der Waals surface area contributed by atoms with Gasteiger partial charge in [-0.2, -0.15) is 0 Å². The fraction of sp³-hybridized carbons (Fsp3) is 0.0652. The summed E-state index contributed by atoms with van der Waals surface area (Å²) in [6.45, 7) is 2.26. The molecule has 50 heavy (non-hydrogen) atoms. The maximum absolute atomic E-state index is 5.38. The molecule has 0 fully saturated rings. The van der Waals surface area contributed by atoms with E-state index in [1.54, 1.807) is 0 Å². The van der Waals surface area contributed by atoms with Gasteiger partial charge in [0.05, 0.1) is 22.4 Å². The molecule has 0 saturated heterocycles. The Morgan fingerprint density at radius 1 is 0.580 bits per heavy atom. The molecule has 3 aromatic heterocycles. The molecule has 1 aliphatic carbocycles. The van der Waals surface area contributed by atoms with Crippen LogP contribution in [0.5, 0.6) is 0 Å². The molecule has 0 N–H and O–H groups in total. The molecule has 1 aliphatic rings. The van der Waals surface area contributed by atoms with Gasteiger partial charge >= 0.3 is 0 Å². The van der Waals surface area contributed by atoms with E-state index >= 15 is 0 Å². The van der Waals surface area contributed by atoms with Crippen LogP contribution in [0, 0.1) is 5.92 Å². The van der Waals surface area contributed by atoms with Gasteiger partial charge < -0.3 is 0 Å². The molecule has 0 radical (unpaired) electrons. The van der Waals surface area contributed by atoms with Crippen molar-refractivity contribution in [3.63, 3.8) is 0 Å². The van der Waals surface area contributed by atoms with Gasteiger partial charge in [0.1, 0.15) is 5.69 Å². The molecule has 10 rings (SSSR count). The Morgan fingerprint density at radius 2 is 1.26 bits per heavy atom. The van der Waals surface area contributed by atoms with Crippen molar-refractivity contribution in [1.82, 2.24) is 19.5 Å². The summed E-state index contributed by atoms with van der Waals surface area (Å²) in [4.78, 5) is 15.1. The second-order valence-corrected chi connectivity index (χ2v) is 13.3. The summed E-state index contributed by atoms with van der Waals surface area (Å²) in [6, 6.07) is 49.9. The zero-order valence-electron chi connectivity index (χ0n) is 27.6. The Balaban J connectivity index is 1.13. The molecule has 0 aliphatic heterocycles. The third-order valence-corrected chi connectivity index (χ3v) is 10.2. The lowest BCUT2D eigenvalue weighted by Crippen LogP contribution is -2.09. The Labute approximate surface area is 290 Å². The van der Waals surface area contributed by atoms with Crippen LogP contribution < -0.4 is 0 Å². The molecule has 0 bridgehead atoms. The van der Waals surface area contributed by atoms with Crippen LogP contribution in [0.2, 0.25) is 0 Å². The number of hydrogen-bond acceptors (Lipinski definition) is 3. The van der Waals surface area contributed by atoms with Crippen molar-refractivity contribution in [3.05, 3.63) is 163 Å². The van der Waals surface area contributed by atoms with Gasteiger partial charge in [-0.15, -0.1) is 0 Å². The largest absolute Gasteiger partial charge is 0.295 e. The molecular formula is C46H32N4. The highest BCUT2D eigenvalue weighted by Crippen LogP contribution is 2.41. The molecule has 4 nitrogen and oxygen atoms in total. The van der Waals surface area contributed by atoms with E-state index in [9.17, 15) is 0 Å². The quantitative estimate of drug-likeness (QED) is 0.142. The second-order valence-electron chi connectivity index (χ2n) is 13.3. The standard InChI is InChI=1S/C46H32N4/c1-29-16-25-40-42(27-29)50(46(48-40)41-15-6-7-26-47-41)35-21-17-30(18-22-35)33-11-8-12-34(28-33)43-38-23-19-31-9-2-4-13-36(31)44(38)49-45-37-14-5-3-10-32(37)20-24-39(43)45/h2-26,28-29H,27H2,1H3. The first-order valence-corrected chi connectivity index (χ1v) is 17.2. The third-order valence-electron chi connectivity index (χ3n) is 10.2. The van der Waals surface area contributed by atoms with Gasteiger partial charge in [-0.3, -0.25) is 9.55 Å². The van der Waals surface area contributed by atoms with E-state index in [0.717, 1.165) is 56.7 Å². The Bertz CT molecular complexity index is 2700. The number of benzene rings is 6. The molecule has 236 valence electrons. The molecule has 0 amide bonds. The number of fused-ring (bicyclic) bond motifs is 7. The molecule has 6 aromatic carbocycles. The van der Waals surface area contributed by atoms with E-state index in [1.807, 2.05) is 24.4 Å². The van der Waals surface area contributed by atoms with Gasteiger partial charge in [-0.05, 0) is 76.2 Å². The predicted octanol–water partition coefficient (Wildman–Crippen LogP) is 11.5. The van der Waals surface area contributed by atoms with Crippen molar-refractivity contribution >= 4 is 49.4 Å². The summed E-state index contributed by atoms with van der Waals surface area (Å²) in [7, 11) is 0. The van der Waals surface area contributed by atoms with Gasteiger partial charge in [0.15, 0.2) is 5.82 Å². The molecule has 4 heteroatoms. The van der Waals surface area contributed by atoms with E-state index in [0.29, 0.717) is 5.92 Å². The average molecular weight is 641 g/mol. The van der Waals surface area contributed by atoms with Crippen LogP contribution >= 0.6 is 0 Å². The van der Waals surface area contributed by atoms with E-state index in [2.05, 4.69) is 150 Å². The minimum Gasteiger partial charge on any atom is -0.295 e. The Hall–Kier alpha value is -6.39. The first kappa shape index (κ1) is 28.6. The Kier molecular flexibility index (Phi) is 6.50. The Morgan fingerprint density at radius 3 is 1.96 bits per heavy atom. The number of nitrogens with zero attached hydrogens (tertiary/aromatic N) is 4. The van der Waals surface area contributed by atoms with Crippen molar-refractivity contribution in [1.29, 1.82) is 0 Å². The van der Waals surface area contributed by atoms with Crippen LogP contribution in [0.15, 0.2) is 152 Å². The van der Waals surface area contributed by atoms with Crippen LogP contribution in [0.4, 0.5) is 0 Å².